The quantitative estimate of drug-likeness (QED) is 0.554. The summed E-state index contributed by atoms with van der Waals surface area (Å²) in [5, 5.41) is 0.704. The van der Waals surface area contributed by atoms with Crippen molar-refractivity contribution in [3.05, 3.63) is 28.8 Å². The van der Waals surface area contributed by atoms with E-state index in [0.29, 0.717) is 11.4 Å². The van der Waals surface area contributed by atoms with Crippen LogP contribution < -0.4 is 4.74 Å². The molecule has 1 aromatic rings. The predicted octanol–water partition coefficient (Wildman–Crippen LogP) is 2.87. The predicted molar refractivity (Wildman–Crippen MR) is 57.0 cm³/mol. The highest BCUT2D eigenvalue weighted by atomic mass is 35.5. The smallest absolute Gasteiger partial charge is 0.123 e. The van der Waals surface area contributed by atoms with E-state index in [-0.39, 0.29) is 0 Å². The van der Waals surface area contributed by atoms with Crippen LogP contribution in [0.5, 0.6) is 5.75 Å². The van der Waals surface area contributed by atoms with Crippen LogP contribution in [0.3, 0.4) is 0 Å². The highest BCUT2D eigenvalue weighted by molar-refractivity contribution is 6.31. The first kappa shape index (κ1) is 11.1. The van der Waals surface area contributed by atoms with E-state index >= 15 is 0 Å². The maximum absolute atomic E-state index is 10.2. The monoisotopic (exact) mass is 212 g/mol. The third kappa shape index (κ3) is 2.74. The molecule has 3 heteroatoms. The Hall–Kier alpha value is -1.02. The van der Waals surface area contributed by atoms with Gasteiger partial charge in [-0.25, -0.2) is 0 Å². The summed E-state index contributed by atoms with van der Waals surface area (Å²) in [4.78, 5) is 10.2. The topological polar surface area (TPSA) is 26.3 Å². The number of halogens is 1. The standard InChI is InChI=1S/C11H13ClO2/c1-14-11-7-4-6-10(12)9(11)5-2-3-8-13/h4,6-8H,2-3,5H2,1H3. The van der Waals surface area contributed by atoms with Crippen LogP contribution in [0.1, 0.15) is 18.4 Å². The zero-order valence-corrected chi connectivity index (χ0v) is 8.88. The van der Waals surface area contributed by atoms with E-state index in [0.717, 1.165) is 30.4 Å². The largest absolute Gasteiger partial charge is 0.496 e. The van der Waals surface area contributed by atoms with Gasteiger partial charge in [-0.15, -0.1) is 0 Å². The molecule has 0 bridgehead atoms. The number of unbranched alkanes of at least 4 members (excludes halogenated alkanes) is 1. The Morgan fingerprint density at radius 3 is 2.93 bits per heavy atom. The van der Waals surface area contributed by atoms with Gasteiger partial charge >= 0.3 is 0 Å². The van der Waals surface area contributed by atoms with Gasteiger partial charge in [-0.05, 0) is 25.0 Å². The Morgan fingerprint density at radius 2 is 2.29 bits per heavy atom. The molecule has 0 aliphatic rings. The third-order valence-corrected chi connectivity index (χ3v) is 2.40. The summed E-state index contributed by atoms with van der Waals surface area (Å²) in [5.41, 5.74) is 0.985. The number of hydrogen-bond donors (Lipinski definition) is 0. The van der Waals surface area contributed by atoms with Gasteiger partial charge in [0.15, 0.2) is 0 Å². The minimum atomic E-state index is 0.564. The van der Waals surface area contributed by atoms with E-state index in [2.05, 4.69) is 0 Å². The normalized spacial score (nSPS) is 9.86. The van der Waals surface area contributed by atoms with Crippen molar-refractivity contribution in [3.63, 3.8) is 0 Å². The van der Waals surface area contributed by atoms with E-state index in [1.54, 1.807) is 7.11 Å². The lowest BCUT2D eigenvalue weighted by Crippen LogP contribution is -1.93. The second kappa shape index (κ2) is 5.66. The molecule has 0 spiro atoms. The van der Waals surface area contributed by atoms with E-state index in [1.807, 2.05) is 18.2 Å². The van der Waals surface area contributed by atoms with Gasteiger partial charge in [0, 0.05) is 17.0 Å². The molecule has 0 amide bonds. The summed E-state index contributed by atoms with van der Waals surface area (Å²) in [6.45, 7) is 0. The molecule has 0 saturated carbocycles. The molecule has 1 aromatic carbocycles. The molecule has 0 heterocycles. The van der Waals surface area contributed by atoms with Crippen LogP contribution in [-0.2, 0) is 11.2 Å². The molecule has 0 fully saturated rings. The summed E-state index contributed by atoms with van der Waals surface area (Å²) in [5.74, 6) is 0.795. The Balaban J connectivity index is 2.76. The average molecular weight is 213 g/mol. The van der Waals surface area contributed by atoms with Gasteiger partial charge in [0.05, 0.1) is 7.11 Å². The minimum Gasteiger partial charge on any atom is -0.496 e. The zero-order valence-electron chi connectivity index (χ0n) is 8.13. The first-order valence-electron chi connectivity index (χ1n) is 4.54. The van der Waals surface area contributed by atoms with Crippen LogP contribution in [0.2, 0.25) is 5.02 Å². The van der Waals surface area contributed by atoms with Crippen molar-refractivity contribution in [1.29, 1.82) is 0 Å². The highest BCUT2D eigenvalue weighted by Gasteiger charge is 2.06. The van der Waals surface area contributed by atoms with Gasteiger partial charge in [-0.3, -0.25) is 0 Å². The van der Waals surface area contributed by atoms with Gasteiger partial charge in [0.2, 0.25) is 0 Å². The SMILES string of the molecule is COc1cccc(Cl)c1CCCC=O. The molecule has 0 N–H and O–H groups in total. The van der Waals surface area contributed by atoms with Crippen molar-refractivity contribution in [2.24, 2.45) is 0 Å². The van der Waals surface area contributed by atoms with Crippen molar-refractivity contribution in [2.45, 2.75) is 19.3 Å². The molecule has 2 nitrogen and oxygen atoms in total. The van der Waals surface area contributed by atoms with Crippen molar-refractivity contribution in [3.8, 4) is 5.75 Å². The maximum Gasteiger partial charge on any atom is 0.123 e. The van der Waals surface area contributed by atoms with Crippen LogP contribution in [0.25, 0.3) is 0 Å². The summed E-state index contributed by atoms with van der Waals surface area (Å²) in [7, 11) is 1.62. The molecule has 0 aromatic heterocycles. The van der Waals surface area contributed by atoms with Gasteiger partial charge in [0.1, 0.15) is 12.0 Å². The van der Waals surface area contributed by atoms with Crippen LogP contribution >= 0.6 is 11.6 Å². The molecular weight excluding hydrogens is 200 g/mol. The Bertz CT molecular complexity index is 310. The molecule has 76 valence electrons. The summed E-state index contributed by atoms with van der Waals surface area (Å²) in [6.07, 6.45) is 3.07. The number of ether oxygens (including phenoxy) is 1. The number of hydrogen-bond acceptors (Lipinski definition) is 2. The van der Waals surface area contributed by atoms with Crippen LogP contribution in [0, 0.1) is 0 Å². The average Bonchev–Trinajstić information content (AvgIpc) is 2.20. The summed E-state index contributed by atoms with van der Waals surface area (Å²) < 4.78 is 5.18. The molecule has 0 saturated heterocycles. The second-order valence-electron chi connectivity index (χ2n) is 2.98. The maximum atomic E-state index is 10.2. The van der Waals surface area contributed by atoms with Gasteiger partial charge < -0.3 is 9.53 Å². The lowest BCUT2D eigenvalue weighted by Gasteiger charge is -2.08. The number of benzene rings is 1. The molecular formula is C11H13ClO2. The van der Waals surface area contributed by atoms with Crippen LogP contribution in [-0.4, -0.2) is 13.4 Å². The van der Waals surface area contributed by atoms with Crippen molar-refractivity contribution >= 4 is 17.9 Å². The lowest BCUT2D eigenvalue weighted by molar-refractivity contribution is -0.107. The van der Waals surface area contributed by atoms with Crippen LogP contribution in [0.15, 0.2) is 18.2 Å². The fourth-order valence-corrected chi connectivity index (χ4v) is 1.60. The van der Waals surface area contributed by atoms with E-state index < -0.39 is 0 Å². The number of carbonyl (C=O) groups excluding carboxylic acids is 1. The van der Waals surface area contributed by atoms with Gasteiger partial charge in [0.25, 0.3) is 0 Å². The van der Waals surface area contributed by atoms with Gasteiger partial charge in [-0.2, -0.15) is 0 Å². The minimum absolute atomic E-state index is 0.564. The zero-order chi connectivity index (χ0) is 10.4. The number of rotatable bonds is 5. The molecule has 0 aliphatic heterocycles. The summed E-state index contributed by atoms with van der Waals surface area (Å²) in [6, 6.07) is 5.56. The number of carbonyl (C=O) groups is 1. The molecule has 1 rings (SSSR count). The Labute approximate surface area is 88.8 Å². The Morgan fingerprint density at radius 1 is 1.50 bits per heavy atom. The van der Waals surface area contributed by atoms with Crippen molar-refractivity contribution < 1.29 is 9.53 Å². The second-order valence-corrected chi connectivity index (χ2v) is 3.39. The molecule has 0 atom stereocenters. The molecule has 0 unspecified atom stereocenters. The molecule has 0 radical (unpaired) electrons. The number of methoxy groups -OCH3 is 1. The van der Waals surface area contributed by atoms with E-state index in [9.17, 15) is 4.79 Å². The van der Waals surface area contributed by atoms with E-state index in [4.69, 9.17) is 16.3 Å². The Kier molecular flexibility index (Phi) is 4.47. The van der Waals surface area contributed by atoms with Gasteiger partial charge in [-0.1, -0.05) is 17.7 Å². The summed E-state index contributed by atoms with van der Waals surface area (Å²) >= 11 is 6.02. The molecule has 14 heavy (non-hydrogen) atoms. The highest BCUT2D eigenvalue weighted by Crippen LogP contribution is 2.27. The first-order chi connectivity index (χ1) is 6.79. The van der Waals surface area contributed by atoms with Crippen molar-refractivity contribution in [1.82, 2.24) is 0 Å². The lowest BCUT2D eigenvalue weighted by atomic mass is 10.1. The van der Waals surface area contributed by atoms with Crippen molar-refractivity contribution in [2.75, 3.05) is 7.11 Å². The number of aldehydes is 1. The first-order valence-corrected chi connectivity index (χ1v) is 4.92. The fourth-order valence-electron chi connectivity index (χ4n) is 1.33. The van der Waals surface area contributed by atoms with Crippen LogP contribution in [0.4, 0.5) is 0 Å². The fraction of sp³-hybridized carbons (Fsp3) is 0.364. The van der Waals surface area contributed by atoms with E-state index in [1.165, 1.54) is 0 Å². The molecule has 0 aliphatic carbocycles. The third-order valence-electron chi connectivity index (χ3n) is 2.04.